The lowest BCUT2D eigenvalue weighted by Crippen LogP contribution is -2.37. The van der Waals surface area contributed by atoms with E-state index in [-0.39, 0.29) is 5.91 Å². The number of amides is 1. The first-order valence-corrected chi connectivity index (χ1v) is 6.30. The number of rotatable bonds is 2. The fraction of sp³-hybridized carbons (Fsp3) is 0.385. The van der Waals surface area contributed by atoms with Crippen molar-refractivity contribution in [3.8, 4) is 5.75 Å². The number of fused-ring (bicyclic) bond motifs is 1. The van der Waals surface area contributed by atoms with Crippen LogP contribution in [0, 0.1) is 5.82 Å². The summed E-state index contributed by atoms with van der Waals surface area (Å²) in [7, 11) is 0. The molecule has 0 unspecified atom stereocenters. The lowest BCUT2D eigenvalue weighted by Gasteiger charge is -2.13. The maximum Gasteiger partial charge on any atom is 0.267 e. The minimum atomic E-state index is -0.397. The standard InChI is InChI=1S/C13H14FN3O2/c14-10-7-9(6-8-3-5-19-12(8)10)16-17-11-2-1-4-15-13(11)18/h6-7,16H,1-5H2,(H,15,18)/b17-11+. The van der Waals surface area contributed by atoms with Gasteiger partial charge in [0.25, 0.3) is 5.91 Å². The molecule has 0 saturated carbocycles. The summed E-state index contributed by atoms with van der Waals surface area (Å²) in [5.74, 6) is -0.233. The number of hydrogen-bond donors (Lipinski definition) is 2. The molecule has 6 heteroatoms. The van der Waals surface area contributed by atoms with E-state index in [4.69, 9.17) is 4.74 Å². The van der Waals surface area contributed by atoms with E-state index in [9.17, 15) is 9.18 Å². The number of nitrogens with one attached hydrogen (secondary N) is 2. The molecule has 2 aliphatic rings. The third-order valence-electron chi connectivity index (χ3n) is 3.20. The molecule has 0 bridgehead atoms. The summed E-state index contributed by atoms with van der Waals surface area (Å²) in [5, 5.41) is 6.77. The Bertz CT molecular complexity index is 557. The van der Waals surface area contributed by atoms with Crippen molar-refractivity contribution in [2.75, 3.05) is 18.6 Å². The quantitative estimate of drug-likeness (QED) is 0.794. The zero-order chi connectivity index (χ0) is 13.2. The number of hydrazone groups is 1. The van der Waals surface area contributed by atoms with E-state index in [2.05, 4.69) is 15.8 Å². The Morgan fingerprint density at radius 2 is 2.26 bits per heavy atom. The Kier molecular flexibility index (Phi) is 3.06. The van der Waals surface area contributed by atoms with Crippen LogP contribution in [0.4, 0.5) is 10.1 Å². The van der Waals surface area contributed by atoms with Crippen LogP contribution in [0.15, 0.2) is 17.2 Å². The zero-order valence-corrected chi connectivity index (χ0v) is 10.3. The average Bonchev–Trinajstić information content (AvgIpc) is 2.87. The topological polar surface area (TPSA) is 62.7 Å². The predicted molar refractivity (Wildman–Crippen MR) is 68.9 cm³/mol. The van der Waals surface area contributed by atoms with Gasteiger partial charge in [0.2, 0.25) is 0 Å². The van der Waals surface area contributed by atoms with Crippen molar-refractivity contribution in [2.24, 2.45) is 5.10 Å². The summed E-state index contributed by atoms with van der Waals surface area (Å²) >= 11 is 0. The number of ether oxygens (including phenoxy) is 1. The number of halogens is 1. The molecular weight excluding hydrogens is 249 g/mol. The van der Waals surface area contributed by atoms with Crippen molar-refractivity contribution in [1.29, 1.82) is 0 Å². The molecule has 2 aliphatic heterocycles. The predicted octanol–water partition coefficient (Wildman–Crippen LogP) is 1.44. The Labute approximate surface area is 109 Å². The summed E-state index contributed by atoms with van der Waals surface area (Å²) in [6, 6.07) is 3.13. The number of hydrogen-bond acceptors (Lipinski definition) is 4. The van der Waals surface area contributed by atoms with Crippen molar-refractivity contribution in [2.45, 2.75) is 19.3 Å². The molecule has 5 nitrogen and oxygen atoms in total. The average molecular weight is 263 g/mol. The molecule has 0 spiro atoms. The van der Waals surface area contributed by atoms with Crippen LogP contribution in [0.25, 0.3) is 0 Å². The van der Waals surface area contributed by atoms with Crippen LogP contribution in [0.3, 0.4) is 0 Å². The summed E-state index contributed by atoms with van der Waals surface area (Å²) in [5.41, 5.74) is 4.56. The van der Waals surface area contributed by atoms with E-state index in [1.165, 1.54) is 6.07 Å². The van der Waals surface area contributed by atoms with Crippen LogP contribution in [0.1, 0.15) is 18.4 Å². The Hall–Kier alpha value is -2.11. The third kappa shape index (κ3) is 2.38. The normalized spacial score (nSPS) is 19.8. The Balaban J connectivity index is 1.78. The van der Waals surface area contributed by atoms with Crippen LogP contribution in [0.2, 0.25) is 0 Å². The molecule has 0 radical (unpaired) electrons. The van der Waals surface area contributed by atoms with Crippen molar-refractivity contribution < 1.29 is 13.9 Å². The molecule has 3 rings (SSSR count). The maximum atomic E-state index is 13.7. The number of anilines is 1. The van der Waals surface area contributed by atoms with Gasteiger partial charge < -0.3 is 10.1 Å². The van der Waals surface area contributed by atoms with Gasteiger partial charge in [0.1, 0.15) is 5.71 Å². The SMILES string of the molecule is O=C1NCCC/C1=N\Nc1cc(F)c2c(c1)CCO2. The number of carbonyl (C=O) groups is 1. The third-order valence-corrected chi connectivity index (χ3v) is 3.20. The van der Waals surface area contributed by atoms with Gasteiger partial charge in [-0.1, -0.05) is 0 Å². The highest BCUT2D eigenvalue weighted by molar-refractivity contribution is 6.39. The molecule has 0 atom stereocenters. The zero-order valence-electron chi connectivity index (χ0n) is 10.3. The summed E-state index contributed by atoms with van der Waals surface area (Å²) in [6.07, 6.45) is 2.20. The Morgan fingerprint density at radius 3 is 3.11 bits per heavy atom. The van der Waals surface area contributed by atoms with Crippen molar-refractivity contribution in [3.05, 3.63) is 23.5 Å². The number of carbonyl (C=O) groups excluding carboxylic acids is 1. The van der Waals surface area contributed by atoms with Gasteiger partial charge >= 0.3 is 0 Å². The molecule has 2 N–H and O–H groups in total. The smallest absolute Gasteiger partial charge is 0.267 e. The molecule has 2 heterocycles. The molecule has 0 aliphatic carbocycles. The molecule has 1 fully saturated rings. The largest absolute Gasteiger partial charge is 0.490 e. The van der Waals surface area contributed by atoms with Crippen LogP contribution < -0.4 is 15.5 Å². The monoisotopic (exact) mass is 263 g/mol. The van der Waals surface area contributed by atoms with Gasteiger partial charge in [0.15, 0.2) is 11.6 Å². The van der Waals surface area contributed by atoms with Gasteiger partial charge in [-0.25, -0.2) is 4.39 Å². The molecular formula is C13H14FN3O2. The summed E-state index contributed by atoms with van der Waals surface area (Å²) in [4.78, 5) is 11.5. The van der Waals surface area contributed by atoms with Crippen LogP contribution >= 0.6 is 0 Å². The maximum absolute atomic E-state index is 13.7. The minimum absolute atomic E-state index is 0.163. The van der Waals surface area contributed by atoms with Gasteiger partial charge in [-0.15, -0.1) is 0 Å². The second-order valence-electron chi connectivity index (χ2n) is 4.57. The van der Waals surface area contributed by atoms with E-state index < -0.39 is 5.82 Å². The van der Waals surface area contributed by atoms with Gasteiger partial charge in [0, 0.05) is 24.6 Å². The van der Waals surface area contributed by atoms with Crippen molar-refractivity contribution in [3.63, 3.8) is 0 Å². The first kappa shape index (κ1) is 12.0. The molecule has 1 amide bonds. The molecule has 1 saturated heterocycles. The molecule has 1 aromatic carbocycles. The van der Waals surface area contributed by atoms with E-state index in [0.29, 0.717) is 43.1 Å². The highest BCUT2D eigenvalue weighted by Crippen LogP contribution is 2.31. The van der Waals surface area contributed by atoms with E-state index >= 15 is 0 Å². The molecule has 1 aromatic rings. The van der Waals surface area contributed by atoms with Crippen LogP contribution in [0.5, 0.6) is 5.75 Å². The molecule has 100 valence electrons. The van der Waals surface area contributed by atoms with Crippen molar-refractivity contribution >= 4 is 17.3 Å². The van der Waals surface area contributed by atoms with Crippen molar-refractivity contribution in [1.82, 2.24) is 5.32 Å². The number of nitrogens with zero attached hydrogens (tertiary/aromatic N) is 1. The van der Waals surface area contributed by atoms with Crippen LogP contribution in [-0.4, -0.2) is 24.8 Å². The fourth-order valence-electron chi connectivity index (χ4n) is 2.24. The van der Waals surface area contributed by atoms with E-state index in [0.717, 1.165) is 12.0 Å². The lowest BCUT2D eigenvalue weighted by molar-refractivity contribution is -0.115. The van der Waals surface area contributed by atoms with E-state index in [1.807, 2.05) is 0 Å². The summed E-state index contributed by atoms with van der Waals surface area (Å²) < 4.78 is 18.9. The molecule has 19 heavy (non-hydrogen) atoms. The Morgan fingerprint density at radius 1 is 1.37 bits per heavy atom. The number of piperidine rings is 1. The van der Waals surface area contributed by atoms with Gasteiger partial charge in [-0.3, -0.25) is 10.2 Å². The minimum Gasteiger partial charge on any atom is -0.490 e. The fourth-order valence-corrected chi connectivity index (χ4v) is 2.24. The molecule has 0 aromatic heterocycles. The second kappa shape index (κ2) is 4.87. The van der Waals surface area contributed by atoms with Gasteiger partial charge in [-0.2, -0.15) is 5.10 Å². The first-order chi connectivity index (χ1) is 9.24. The first-order valence-electron chi connectivity index (χ1n) is 6.30. The van der Waals surface area contributed by atoms with Crippen LogP contribution in [-0.2, 0) is 11.2 Å². The van der Waals surface area contributed by atoms with E-state index in [1.54, 1.807) is 6.07 Å². The summed E-state index contributed by atoms with van der Waals surface area (Å²) in [6.45, 7) is 1.19. The second-order valence-corrected chi connectivity index (χ2v) is 4.57. The van der Waals surface area contributed by atoms with Gasteiger partial charge in [-0.05, 0) is 18.9 Å². The highest BCUT2D eigenvalue weighted by Gasteiger charge is 2.19. The van der Waals surface area contributed by atoms with Gasteiger partial charge in [0.05, 0.1) is 12.3 Å². The number of benzene rings is 1. The lowest BCUT2D eigenvalue weighted by atomic mass is 10.1. The highest BCUT2D eigenvalue weighted by atomic mass is 19.1.